The Morgan fingerprint density at radius 3 is 2.82 bits per heavy atom. The second-order valence-corrected chi connectivity index (χ2v) is 7.01. The van der Waals surface area contributed by atoms with Gasteiger partial charge in [-0.15, -0.1) is 10.2 Å². The zero-order valence-electron chi connectivity index (χ0n) is 15.4. The summed E-state index contributed by atoms with van der Waals surface area (Å²) in [7, 11) is 1.86. The topological polar surface area (TPSA) is 60.4 Å². The van der Waals surface area contributed by atoms with Crippen molar-refractivity contribution in [2.24, 2.45) is 4.99 Å². The van der Waals surface area contributed by atoms with Gasteiger partial charge in [-0.3, -0.25) is 0 Å². The van der Waals surface area contributed by atoms with Crippen molar-refractivity contribution in [2.75, 3.05) is 25.0 Å². The molecule has 2 aliphatic rings. The van der Waals surface area contributed by atoms with Crippen molar-refractivity contribution in [2.45, 2.75) is 31.5 Å². The Hall–Kier alpha value is -2.84. The fourth-order valence-electron chi connectivity index (χ4n) is 3.74. The van der Waals surface area contributed by atoms with Crippen LogP contribution in [0.25, 0.3) is 5.70 Å². The van der Waals surface area contributed by atoms with Crippen LogP contribution in [0.1, 0.15) is 25.0 Å². The Morgan fingerprint density at radius 1 is 1.21 bits per heavy atom. The Labute approximate surface area is 160 Å². The number of hydrogen-bond acceptors (Lipinski definition) is 5. The van der Waals surface area contributed by atoms with Crippen LogP contribution in [0.3, 0.4) is 0 Å². The molecule has 1 N–H and O–H groups in total. The minimum atomic E-state index is -4.48. The molecule has 1 saturated heterocycles. The molecule has 0 bridgehead atoms. The minimum Gasteiger partial charge on any atom is -0.372 e. The maximum Gasteiger partial charge on any atom is 0.435 e. The van der Waals surface area contributed by atoms with Crippen LogP contribution in [-0.4, -0.2) is 46.3 Å². The molecule has 1 fully saturated rings. The van der Waals surface area contributed by atoms with Crippen LogP contribution in [0.15, 0.2) is 41.7 Å². The van der Waals surface area contributed by atoms with Crippen molar-refractivity contribution < 1.29 is 13.2 Å². The molecule has 0 spiro atoms. The molecule has 1 atom stereocenters. The number of anilines is 1. The Balaban J connectivity index is 1.53. The summed E-state index contributed by atoms with van der Waals surface area (Å²) in [6, 6.07) is 4.56. The average molecular weight is 390 g/mol. The molecule has 0 aliphatic carbocycles. The van der Waals surface area contributed by atoms with Crippen LogP contribution >= 0.6 is 0 Å². The van der Waals surface area contributed by atoms with Gasteiger partial charge in [0.25, 0.3) is 0 Å². The van der Waals surface area contributed by atoms with Crippen LogP contribution in [0, 0.1) is 0 Å². The lowest BCUT2D eigenvalue weighted by molar-refractivity contribution is -0.141. The number of allylic oxidation sites excluding steroid dienone is 1. The number of likely N-dealkylation sites (N-methyl/N-ethyl adjacent to an activating group) is 1. The van der Waals surface area contributed by atoms with Gasteiger partial charge in [-0.1, -0.05) is 6.08 Å². The number of aromatic nitrogens is 3. The van der Waals surface area contributed by atoms with Gasteiger partial charge in [0.1, 0.15) is 5.49 Å². The molecular formula is C19H21F3N6. The smallest absolute Gasteiger partial charge is 0.372 e. The van der Waals surface area contributed by atoms with Gasteiger partial charge < -0.3 is 14.8 Å². The summed E-state index contributed by atoms with van der Waals surface area (Å²) < 4.78 is 38.1. The number of likely N-dealkylation sites (tertiary alicyclic amines) is 1. The third-order valence-electron chi connectivity index (χ3n) is 5.29. The highest BCUT2D eigenvalue weighted by atomic mass is 19.4. The summed E-state index contributed by atoms with van der Waals surface area (Å²) in [5, 5.41) is 8.23. The zero-order chi connectivity index (χ0) is 19.7. The zero-order valence-corrected chi connectivity index (χ0v) is 15.4. The monoisotopic (exact) mass is 390 g/mol. The van der Waals surface area contributed by atoms with Crippen molar-refractivity contribution >= 4 is 11.5 Å². The van der Waals surface area contributed by atoms with E-state index in [1.165, 1.54) is 11.8 Å². The van der Waals surface area contributed by atoms with Gasteiger partial charge in [0.05, 0.1) is 0 Å². The van der Waals surface area contributed by atoms with E-state index in [4.69, 9.17) is 0 Å². The second kappa shape index (κ2) is 7.29. The summed E-state index contributed by atoms with van der Waals surface area (Å²) in [5.74, 6) is 0.447. The first-order valence-corrected chi connectivity index (χ1v) is 9.21. The molecule has 0 amide bonds. The number of nitrogens with zero attached hydrogens (tertiary/aromatic N) is 5. The number of aromatic amines is 1. The van der Waals surface area contributed by atoms with Gasteiger partial charge in [-0.2, -0.15) is 13.2 Å². The molecule has 4 heterocycles. The second-order valence-electron chi connectivity index (χ2n) is 7.01. The summed E-state index contributed by atoms with van der Waals surface area (Å²) in [6.07, 6.45) is 4.05. The molecule has 9 heteroatoms. The first-order chi connectivity index (χ1) is 13.4. The Morgan fingerprint density at radius 2 is 2.07 bits per heavy atom. The van der Waals surface area contributed by atoms with E-state index < -0.39 is 11.9 Å². The number of halogens is 3. The van der Waals surface area contributed by atoms with E-state index in [2.05, 4.69) is 31.1 Å². The van der Waals surface area contributed by atoms with Crippen LogP contribution in [-0.2, 0) is 6.18 Å². The predicted octanol–water partition coefficient (Wildman–Crippen LogP) is 2.07. The van der Waals surface area contributed by atoms with Crippen molar-refractivity contribution in [3.8, 4) is 0 Å². The van der Waals surface area contributed by atoms with Gasteiger partial charge in [-0.05, 0) is 37.5 Å². The normalized spacial score (nSPS) is 19.8. The van der Waals surface area contributed by atoms with E-state index in [1.807, 2.05) is 30.4 Å². The lowest BCUT2D eigenvalue weighted by atomic mass is 10.1. The third kappa shape index (κ3) is 3.61. The number of H-pyrrole nitrogens is 1. The molecule has 4 rings (SSSR count). The van der Waals surface area contributed by atoms with Gasteiger partial charge in [-0.25, -0.2) is 4.99 Å². The summed E-state index contributed by atoms with van der Waals surface area (Å²) in [5.41, 5.74) is 1.13. The summed E-state index contributed by atoms with van der Waals surface area (Å²) in [6.45, 7) is 1.66. The number of fused-ring (bicyclic) bond motifs is 1. The van der Waals surface area contributed by atoms with E-state index in [1.54, 1.807) is 0 Å². The van der Waals surface area contributed by atoms with E-state index in [0.717, 1.165) is 49.1 Å². The van der Waals surface area contributed by atoms with E-state index in [0.29, 0.717) is 5.82 Å². The highest BCUT2D eigenvalue weighted by Gasteiger charge is 2.34. The van der Waals surface area contributed by atoms with Gasteiger partial charge in [0, 0.05) is 49.5 Å². The molecule has 28 heavy (non-hydrogen) atoms. The fraction of sp³-hybridized carbons (Fsp3) is 0.421. The predicted molar refractivity (Wildman–Crippen MR) is 98.8 cm³/mol. The first-order valence-electron chi connectivity index (χ1n) is 9.21. The molecule has 0 unspecified atom stereocenters. The van der Waals surface area contributed by atoms with Crippen LogP contribution < -0.4 is 15.6 Å². The summed E-state index contributed by atoms with van der Waals surface area (Å²) >= 11 is 0. The number of alkyl halides is 3. The fourth-order valence-corrected chi connectivity index (χ4v) is 3.74. The van der Waals surface area contributed by atoms with Crippen LogP contribution in [0.2, 0.25) is 0 Å². The maximum atomic E-state index is 12.7. The van der Waals surface area contributed by atoms with Crippen molar-refractivity contribution in [1.82, 2.24) is 20.1 Å². The molecular weight excluding hydrogens is 369 g/mol. The van der Waals surface area contributed by atoms with Gasteiger partial charge in [0.15, 0.2) is 11.5 Å². The van der Waals surface area contributed by atoms with E-state index in [9.17, 15) is 13.2 Å². The number of nitrogens with one attached hydrogen (secondary N) is 1. The van der Waals surface area contributed by atoms with Crippen molar-refractivity contribution in [3.05, 3.63) is 53.1 Å². The number of rotatable bonds is 3. The molecule has 6 nitrogen and oxygen atoms in total. The summed E-state index contributed by atoms with van der Waals surface area (Å²) in [4.78, 5) is 11.9. The Bertz CT molecular complexity index is 976. The molecule has 0 radical (unpaired) electrons. The Kier molecular flexibility index (Phi) is 4.82. The lowest BCUT2D eigenvalue weighted by Gasteiger charge is -2.27. The van der Waals surface area contributed by atoms with Crippen molar-refractivity contribution in [3.63, 3.8) is 0 Å². The highest BCUT2D eigenvalue weighted by molar-refractivity contribution is 5.45. The minimum absolute atomic E-state index is 0.152. The molecule has 2 aromatic rings. The molecule has 2 aliphatic heterocycles. The SMILES string of the molecule is CN(c1ccc(C(F)(F)F)nn1)[C@@H]1CCN(C2=c3cc[nH]c3=NC=CCC2)C1. The van der Waals surface area contributed by atoms with E-state index >= 15 is 0 Å². The number of hydrogen-bond donors (Lipinski definition) is 1. The molecule has 148 valence electrons. The molecule has 2 aromatic heterocycles. The first kappa shape index (κ1) is 18.5. The standard InChI is InChI=1S/C19H21F3N6/c1-27(17-6-5-16(25-26-17)19(20,21)22)13-8-11-28(12-13)15-4-2-3-9-23-18-14(15)7-10-24-18/h3,5-7,9-10,13H,2,4,8,11-12H2,1H3,(H,23,24)/t13-/m1/s1. The quantitative estimate of drug-likeness (QED) is 0.872. The average Bonchev–Trinajstić information content (AvgIpc) is 3.31. The molecule has 0 saturated carbocycles. The van der Waals surface area contributed by atoms with Crippen LogP contribution in [0.4, 0.5) is 19.0 Å². The maximum absolute atomic E-state index is 12.7. The molecule has 0 aromatic carbocycles. The van der Waals surface area contributed by atoms with Gasteiger partial charge >= 0.3 is 6.18 Å². The van der Waals surface area contributed by atoms with E-state index in [-0.39, 0.29) is 6.04 Å². The van der Waals surface area contributed by atoms with Crippen LogP contribution in [0.5, 0.6) is 0 Å². The highest BCUT2D eigenvalue weighted by Crippen LogP contribution is 2.29. The lowest BCUT2D eigenvalue weighted by Crippen LogP contribution is -2.37. The van der Waals surface area contributed by atoms with Crippen molar-refractivity contribution in [1.29, 1.82) is 0 Å². The largest absolute Gasteiger partial charge is 0.435 e. The third-order valence-corrected chi connectivity index (χ3v) is 5.29. The van der Waals surface area contributed by atoms with Gasteiger partial charge in [0.2, 0.25) is 0 Å².